The zero-order valence-corrected chi connectivity index (χ0v) is 19.4. The van der Waals surface area contributed by atoms with Gasteiger partial charge in [-0.25, -0.2) is 9.99 Å². The fourth-order valence-corrected chi connectivity index (χ4v) is 4.26. The van der Waals surface area contributed by atoms with Gasteiger partial charge in [0, 0.05) is 6.54 Å². The van der Waals surface area contributed by atoms with Crippen LogP contribution < -0.4 is 15.5 Å². The van der Waals surface area contributed by atoms with Gasteiger partial charge in [0.1, 0.15) is 12.3 Å². The number of fused-ring (bicyclic) bond motifs is 1. The number of hydrogen-bond acceptors (Lipinski definition) is 6. The van der Waals surface area contributed by atoms with Crippen LogP contribution in [0.5, 0.6) is 5.75 Å². The molecule has 0 radical (unpaired) electrons. The van der Waals surface area contributed by atoms with Gasteiger partial charge in [0.05, 0.1) is 36.5 Å². The SMILES string of the molecule is COc1ccc([C@H]2C=C(c3ccccc3)NN2C(=O)Cn2c(NCCO)nc3ccccc32)cc1. The van der Waals surface area contributed by atoms with Crippen LogP contribution in [0, 0.1) is 0 Å². The average Bonchev–Trinajstić information content (AvgIpc) is 3.50. The summed E-state index contributed by atoms with van der Waals surface area (Å²) in [7, 11) is 1.63. The lowest BCUT2D eigenvalue weighted by molar-refractivity contribution is -0.135. The minimum atomic E-state index is -0.299. The highest BCUT2D eigenvalue weighted by molar-refractivity contribution is 5.85. The smallest absolute Gasteiger partial charge is 0.261 e. The molecule has 1 aliphatic rings. The summed E-state index contributed by atoms with van der Waals surface area (Å²) in [4.78, 5) is 18.4. The number of nitrogens with zero attached hydrogens (tertiary/aromatic N) is 3. The number of imidazole rings is 1. The van der Waals surface area contributed by atoms with E-state index >= 15 is 0 Å². The Morgan fingerprint density at radius 1 is 1.06 bits per heavy atom. The minimum absolute atomic E-state index is 0.0330. The Bertz CT molecular complexity index is 1350. The first-order chi connectivity index (χ1) is 17.2. The standard InChI is InChI=1S/C27H27N5O3/c1-35-21-13-11-20(12-14-21)25-17-23(19-7-3-2-4-8-19)30-32(25)26(34)18-31-24-10-6-5-9-22(24)29-27(31)28-15-16-33/h2-14,17,25,30,33H,15-16,18H2,1H3,(H,28,29)/t25-/m1/s1. The summed E-state index contributed by atoms with van der Waals surface area (Å²) in [6, 6.07) is 25.0. The molecule has 0 unspecified atom stereocenters. The van der Waals surface area contributed by atoms with Gasteiger partial charge >= 0.3 is 0 Å². The number of benzene rings is 3. The van der Waals surface area contributed by atoms with E-state index < -0.39 is 0 Å². The normalized spacial score (nSPS) is 15.1. The van der Waals surface area contributed by atoms with E-state index in [0.29, 0.717) is 12.5 Å². The second-order valence-corrected chi connectivity index (χ2v) is 8.20. The average molecular weight is 470 g/mol. The van der Waals surface area contributed by atoms with E-state index in [1.165, 1.54) is 0 Å². The number of ether oxygens (including phenoxy) is 1. The van der Waals surface area contributed by atoms with Crippen LogP contribution in [0.3, 0.4) is 0 Å². The summed E-state index contributed by atoms with van der Waals surface area (Å²) < 4.78 is 7.15. The lowest BCUT2D eigenvalue weighted by Crippen LogP contribution is -2.41. The van der Waals surface area contributed by atoms with Crippen molar-refractivity contribution in [2.75, 3.05) is 25.6 Å². The molecular weight excluding hydrogens is 442 g/mol. The van der Waals surface area contributed by atoms with Crippen LogP contribution in [0.2, 0.25) is 0 Å². The molecule has 178 valence electrons. The zero-order valence-electron chi connectivity index (χ0n) is 19.4. The van der Waals surface area contributed by atoms with Crippen molar-refractivity contribution in [3.63, 3.8) is 0 Å². The lowest BCUT2D eigenvalue weighted by atomic mass is 10.0. The van der Waals surface area contributed by atoms with E-state index in [1.807, 2.05) is 83.4 Å². The summed E-state index contributed by atoms with van der Waals surface area (Å²) in [6.07, 6.45) is 2.06. The van der Waals surface area contributed by atoms with Gasteiger partial charge in [-0.15, -0.1) is 0 Å². The Kier molecular flexibility index (Phi) is 6.36. The van der Waals surface area contributed by atoms with Crippen LogP contribution >= 0.6 is 0 Å². The van der Waals surface area contributed by atoms with Crippen LogP contribution in [0.4, 0.5) is 5.95 Å². The summed E-state index contributed by atoms with van der Waals surface area (Å²) in [5.74, 6) is 1.18. The quantitative estimate of drug-likeness (QED) is 0.365. The number of anilines is 1. The topological polar surface area (TPSA) is 91.7 Å². The second kappa shape index (κ2) is 9.90. The molecule has 1 amide bonds. The van der Waals surface area contributed by atoms with Crippen molar-refractivity contribution >= 4 is 28.6 Å². The lowest BCUT2D eigenvalue weighted by Gasteiger charge is -2.26. The molecule has 1 atom stereocenters. The molecule has 0 spiro atoms. The van der Waals surface area contributed by atoms with Crippen molar-refractivity contribution < 1.29 is 14.6 Å². The Morgan fingerprint density at radius 2 is 1.80 bits per heavy atom. The molecule has 0 aliphatic carbocycles. The summed E-state index contributed by atoms with van der Waals surface area (Å²) in [5.41, 5.74) is 7.79. The number of carbonyl (C=O) groups is 1. The predicted octanol–water partition coefficient (Wildman–Crippen LogP) is 3.58. The van der Waals surface area contributed by atoms with Crippen LogP contribution in [0.25, 0.3) is 16.7 Å². The molecule has 0 saturated carbocycles. The number of para-hydroxylation sites is 2. The van der Waals surface area contributed by atoms with Crippen molar-refractivity contribution in [3.8, 4) is 5.75 Å². The van der Waals surface area contributed by atoms with Crippen molar-refractivity contribution in [1.29, 1.82) is 0 Å². The number of methoxy groups -OCH3 is 1. The number of carbonyl (C=O) groups excluding carboxylic acids is 1. The Morgan fingerprint density at radius 3 is 2.54 bits per heavy atom. The third kappa shape index (κ3) is 4.56. The molecular formula is C27H27N5O3. The number of hydrazine groups is 1. The number of aromatic nitrogens is 2. The molecule has 0 fully saturated rings. The first kappa shape index (κ1) is 22.5. The molecule has 3 aromatic carbocycles. The molecule has 5 rings (SSSR count). The molecule has 3 N–H and O–H groups in total. The van der Waals surface area contributed by atoms with Crippen LogP contribution in [-0.2, 0) is 11.3 Å². The molecule has 1 aromatic heterocycles. The van der Waals surface area contributed by atoms with Crippen molar-refractivity contribution in [3.05, 3.63) is 96.1 Å². The monoisotopic (exact) mass is 469 g/mol. The first-order valence-corrected chi connectivity index (χ1v) is 11.5. The fourth-order valence-electron chi connectivity index (χ4n) is 4.26. The molecule has 2 heterocycles. The van der Waals surface area contributed by atoms with Gasteiger partial charge in [-0.2, -0.15) is 0 Å². The molecule has 8 heteroatoms. The number of amides is 1. The third-order valence-corrected chi connectivity index (χ3v) is 6.00. The molecule has 1 aliphatic heterocycles. The van der Waals surface area contributed by atoms with Crippen LogP contribution in [0.15, 0.2) is 84.9 Å². The largest absolute Gasteiger partial charge is 0.497 e. The Labute approximate surface area is 203 Å². The summed E-state index contributed by atoms with van der Waals surface area (Å²) >= 11 is 0. The number of aliphatic hydroxyl groups excluding tert-OH is 1. The van der Waals surface area contributed by atoms with E-state index in [0.717, 1.165) is 33.6 Å². The van der Waals surface area contributed by atoms with E-state index in [2.05, 4.69) is 21.8 Å². The number of rotatable bonds is 8. The fraction of sp³-hybridized carbons (Fsp3) is 0.185. The highest BCUT2D eigenvalue weighted by atomic mass is 16.5. The summed E-state index contributed by atoms with van der Waals surface area (Å²) in [5, 5.41) is 14.1. The van der Waals surface area contributed by atoms with Gasteiger partial charge in [0.15, 0.2) is 0 Å². The maximum Gasteiger partial charge on any atom is 0.261 e. The Hall–Kier alpha value is -4.30. The van der Waals surface area contributed by atoms with Crippen LogP contribution in [-0.4, -0.2) is 45.8 Å². The van der Waals surface area contributed by atoms with Crippen molar-refractivity contribution in [2.45, 2.75) is 12.6 Å². The van der Waals surface area contributed by atoms with E-state index in [9.17, 15) is 9.90 Å². The predicted molar refractivity (Wildman–Crippen MR) is 135 cm³/mol. The molecule has 0 bridgehead atoms. The van der Waals surface area contributed by atoms with Gasteiger partial charge in [0.25, 0.3) is 5.91 Å². The van der Waals surface area contributed by atoms with E-state index in [1.54, 1.807) is 12.1 Å². The zero-order chi connectivity index (χ0) is 24.2. The Balaban J connectivity index is 1.48. The first-order valence-electron chi connectivity index (χ1n) is 11.5. The van der Waals surface area contributed by atoms with Crippen molar-refractivity contribution in [2.24, 2.45) is 0 Å². The maximum absolute atomic E-state index is 13.7. The van der Waals surface area contributed by atoms with Crippen LogP contribution in [0.1, 0.15) is 17.2 Å². The van der Waals surface area contributed by atoms with Crippen molar-refractivity contribution in [1.82, 2.24) is 20.0 Å². The highest BCUT2D eigenvalue weighted by Gasteiger charge is 2.31. The second-order valence-electron chi connectivity index (χ2n) is 8.20. The number of hydrogen-bond donors (Lipinski definition) is 3. The number of aliphatic hydroxyl groups is 1. The van der Waals surface area contributed by atoms with E-state index in [-0.39, 0.29) is 25.1 Å². The van der Waals surface area contributed by atoms with Gasteiger partial charge in [-0.1, -0.05) is 54.6 Å². The van der Waals surface area contributed by atoms with Gasteiger partial charge in [-0.05, 0) is 41.5 Å². The van der Waals surface area contributed by atoms with E-state index in [4.69, 9.17) is 4.74 Å². The highest BCUT2D eigenvalue weighted by Crippen LogP contribution is 2.33. The molecule has 0 saturated heterocycles. The van der Waals surface area contributed by atoms with Gasteiger partial charge in [-0.3, -0.25) is 10.2 Å². The molecule has 35 heavy (non-hydrogen) atoms. The molecule has 8 nitrogen and oxygen atoms in total. The summed E-state index contributed by atoms with van der Waals surface area (Å²) in [6.45, 7) is 0.381. The number of nitrogens with one attached hydrogen (secondary N) is 2. The van der Waals surface area contributed by atoms with Gasteiger partial charge < -0.3 is 19.7 Å². The minimum Gasteiger partial charge on any atom is -0.497 e. The van der Waals surface area contributed by atoms with Gasteiger partial charge in [0.2, 0.25) is 5.95 Å². The third-order valence-electron chi connectivity index (χ3n) is 6.00. The molecule has 4 aromatic rings. The maximum atomic E-state index is 13.7.